The third kappa shape index (κ3) is 2.23. The van der Waals surface area contributed by atoms with E-state index in [-0.39, 0.29) is 12.0 Å². The third-order valence-corrected chi connectivity index (χ3v) is 2.54. The molecule has 0 spiro atoms. The summed E-state index contributed by atoms with van der Waals surface area (Å²) >= 11 is 1.68. The van der Waals surface area contributed by atoms with E-state index in [2.05, 4.69) is 11.9 Å². The minimum atomic E-state index is 0.134. The predicted octanol–water partition coefficient (Wildman–Crippen LogP) is 1.47. The first kappa shape index (κ1) is 9.06. The highest BCUT2D eigenvalue weighted by molar-refractivity contribution is 7.10. The van der Waals surface area contributed by atoms with Crippen LogP contribution in [0.5, 0.6) is 0 Å². The van der Waals surface area contributed by atoms with Crippen molar-refractivity contribution in [1.82, 2.24) is 0 Å². The fourth-order valence-electron chi connectivity index (χ4n) is 1.02. The lowest BCUT2D eigenvalue weighted by molar-refractivity contribution is 0.712. The van der Waals surface area contributed by atoms with Gasteiger partial charge in [0.15, 0.2) is 5.96 Å². The van der Waals surface area contributed by atoms with E-state index >= 15 is 0 Å². The Hall–Kier alpha value is -1.03. The minimum Gasteiger partial charge on any atom is -0.370 e. The summed E-state index contributed by atoms with van der Waals surface area (Å²) in [7, 11) is 0. The molecule has 0 saturated heterocycles. The van der Waals surface area contributed by atoms with Gasteiger partial charge in [-0.1, -0.05) is 13.0 Å². The van der Waals surface area contributed by atoms with Gasteiger partial charge in [-0.3, -0.25) is 0 Å². The Morgan fingerprint density at radius 2 is 2.42 bits per heavy atom. The molecule has 1 atom stereocenters. The average molecular weight is 183 g/mol. The lowest BCUT2D eigenvalue weighted by Gasteiger charge is -2.06. The molecule has 0 fully saturated rings. The standard InChI is InChI=1S/C8H13N3S/c1-2-6(11-8(9)10)7-4-3-5-12-7/h3-6H,2H2,1H3,(H4,9,10,11)/t6-/m0/s1. The molecule has 0 bridgehead atoms. The Bertz CT molecular complexity index is 249. The summed E-state index contributed by atoms with van der Waals surface area (Å²) in [5.41, 5.74) is 10.6. The maximum atomic E-state index is 5.31. The summed E-state index contributed by atoms with van der Waals surface area (Å²) in [5, 5.41) is 2.03. The van der Waals surface area contributed by atoms with E-state index in [0.29, 0.717) is 0 Å². The van der Waals surface area contributed by atoms with Crippen molar-refractivity contribution in [3.05, 3.63) is 22.4 Å². The number of guanidine groups is 1. The lowest BCUT2D eigenvalue weighted by atomic mass is 10.2. The second-order valence-electron chi connectivity index (χ2n) is 2.49. The van der Waals surface area contributed by atoms with Gasteiger partial charge in [0.1, 0.15) is 0 Å². The van der Waals surface area contributed by atoms with E-state index < -0.39 is 0 Å². The quantitative estimate of drug-likeness (QED) is 0.550. The van der Waals surface area contributed by atoms with Crippen molar-refractivity contribution < 1.29 is 0 Å². The van der Waals surface area contributed by atoms with Crippen molar-refractivity contribution in [2.45, 2.75) is 19.4 Å². The van der Waals surface area contributed by atoms with Crippen molar-refractivity contribution in [2.24, 2.45) is 16.5 Å². The van der Waals surface area contributed by atoms with Crippen LogP contribution in [0.2, 0.25) is 0 Å². The fraction of sp³-hybridized carbons (Fsp3) is 0.375. The highest BCUT2D eigenvalue weighted by atomic mass is 32.1. The Balaban J connectivity index is 2.77. The summed E-state index contributed by atoms with van der Waals surface area (Å²) in [5.74, 6) is 0.162. The van der Waals surface area contributed by atoms with E-state index in [0.717, 1.165) is 6.42 Å². The van der Waals surface area contributed by atoms with Gasteiger partial charge in [-0.25, -0.2) is 4.99 Å². The molecule has 12 heavy (non-hydrogen) atoms. The van der Waals surface area contributed by atoms with Crippen molar-refractivity contribution in [1.29, 1.82) is 0 Å². The van der Waals surface area contributed by atoms with Gasteiger partial charge in [-0.2, -0.15) is 0 Å². The van der Waals surface area contributed by atoms with E-state index in [1.54, 1.807) is 11.3 Å². The smallest absolute Gasteiger partial charge is 0.186 e. The summed E-state index contributed by atoms with van der Waals surface area (Å²) < 4.78 is 0. The topological polar surface area (TPSA) is 64.4 Å². The fourth-order valence-corrected chi connectivity index (χ4v) is 1.86. The van der Waals surface area contributed by atoms with Crippen LogP contribution >= 0.6 is 11.3 Å². The van der Waals surface area contributed by atoms with Crippen LogP contribution in [0.25, 0.3) is 0 Å². The Morgan fingerprint density at radius 1 is 1.67 bits per heavy atom. The highest BCUT2D eigenvalue weighted by Gasteiger charge is 2.07. The van der Waals surface area contributed by atoms with Crippen LogP contribution in [0.1, 0.15) is 24.3 Å². The largest absolute Gasteiger partial charge is 0.370 e. The molecule has 4 heteroatoms. The molecule has 0 amide bonds. The molecule has 4 N–H and O–H groups in total. The molecule has 0 aliphatic heterocycles. The number of aliphatic imine (C=N–C) groups is 1. The van der Waals surface area contributed by atoms with E-state index in [4.69, 9.17) is 11.5 Å². The van der Waals surface area contributed by atoms with Crippen LogP contribution in [0, 0.1) is 0 Å². The zero-order chi connectivity index (χ0) is 8.97. The van der Waals surface area contributed by atoms with Gasteiger partial charge in [-0.15, -0.1) is 11.3 Å². The van der Waals surface area contributed by atoms with Gasteiger partial charge < -0.3 is 11.5 Å². The van der Waals surface area contributed by atoms with Crippen molar-refractivity contribution >= 4 is 17.3 Å². The van der Waals surface area contributed by atoms with Crippen LogP contribution in [0.15, 0.2) is 22.5 Å². The Labute approximate surface area is 76.1 Å². The molecule has 66 valence electrons. The zero-order valence-electron chi connectivity index (χ0n) is 7.03. The Morgan fingerprint density at radius 3 is 2.83 bits per heavy atom. The molecule has 0 saturated carbocycles. The molecule has 1 aromatic heterocycles. The van der Waals surface area contributed by atoms with Crippen LogP contribution in [-0.4, -0.2) is 5.96 Å². The first-order valence-corrected chi connectivity index (χ1v) is 4.74. The second kappa shape index (κ2) is 4.11. The van der Waals surface area contributed by atoms with Crippen LogP contribution < -0.4 is 11.5 Å². The first-order chi connectivity index (χ1) is 5.74. The average Bonchev–Trinajstić information content (AvgIpc) is 2.51. The molecule has 0 aliphatic carbocycles. The summed E-state index contributed by atoms with van der Waals surface area (Å²) in [6.07, 6.45) is 0.929. The number of nitrogens with two attached hydrogens (primary N) is 2. The first-order valence-electron chi connectivity index (χ1n) is 3.86. The summed E-state index contributed by atoms with van der Waals surface area (Å²) in [6, 6.07) is 4.19. The van der Waals surface area contributed by atoms with Gasteiger partial charge in [0, 0.05) is 4.88 Å². The highest BCUT2D eigenvalue weighted by Crippen LogP contribution is 2.24. The molecule has 0 aromatic carbocycles. The number of rotatable bonds is 3. The zero-order valence-corrected chi connectivity index (χ0v) is 7.84. The number of hydrogen-bond acceptors (Lipinski definition) is 2. The Kier molecular flexibility index (Phi) is 3.10. The van der Waals surface area contributed by atoms with Crippen LogP contribution in [0.4, 0.5) is 0 Å². The molecule has 3 nitrogen and oxygen atoms in total. The van der Waals surface area contributed by atoms with Gasteiger partial charge in [0.05, 0.1) is 6.04 Å². The summed E-state index contributed by atoms with van der Waals surface area (Å²) in [4.78, 5) is 5.33. The monoisotopic (exact) mass is 183 g/mol. The third-order valence-electron chi connectivity index (χ3n) is 1.56. The molecular weight excluding hydrogens is 170 g/mol. The molecule has 1 rings (SSSR count). The van der Waals surface area contributed by atoms with Gasteiger partial charge >= 0.3 is 0 Å². The molecular formula is C8H13N3S. The van der Waals surface area contributed by atoms with Crippen LogP contribution in [0.3, 0.4) is 0 Å². The van der Waals surface area contributed by atoms with Crippen molar-refractivity contribution in [2.75, 3.05) is 0 Å². The number of hydrogen-bond donors (Lipinski definition) is 2. The molecule has 0 unspecified atom stereocenters. The van der Waals surface area contributed by atoms with Gasteiger partial charge in [-0.05, 0) is 17.9 Å². The van der Waals surface area contributed by atoms with Crippen molar-refractivity contribution in [3.8, 4) is 0 Å². The van der Waals surface area contributed by atoms with E-state index in [1.807, 2.05) is 17.5 Å². The molecule has 0 aliphatic rings. The molecule has 0 radical (unpaired) electrons. The number of nitrogens with zero attached hydrogens (tertiary/aromatic N) is 1. The second-order valence-corrected chi connectivity index (χ2v) is 3.47. The van der Waals surface area contributed by atoms with Crippen molar-refractivity contribution in [3.63, 3.8) is 0 Å². The van der Waals surface area contributed by atoms with Crippen LogP contribution in [-0.2, 0) is 0 Å². The number of thiophene rings is 1. The van der Waals surface area contributed by atoms with E-state index in [1.165, 1.54) is 4.88 Å². The SMILES string of the molecule is CC[C@H](N=C(N)N)c1cccs1. The maximum Gasteiger partial charge on any atom is 0.186 e. The van der Waals surface area contributed by atoms with Gasteiger partial charge in [0.25, 0.3) is 0 Å². The molecule has 1 heterocycles. The molecule has 1 aromatic rings. The maximum absolute atomic E-state index is 5.31. The normalized spacial score (nSPS) is 12.4. The van der Waals surface area contributed by atoms with E-state index in [9.17, 15) is 0 Å². The predicted molar refractivity (Wildman–Crippen MR) is 53.2 cm³/mol. The summed E-state index contributed by atoms with van der Waals surface area (Å²) in [6.45, 7) is 2.07. The lowest BCUT2D eigenvalue weighted by Crippen LogP contribution is -2.23. The minimum absolute atomic E-state index is 0.134. The van der Waals surface area contributed by atoms with Gasteiger partial charge in [0.2, 0.25) is 0 Å².